The summed E-state index contributed by atoms with van der Waals surface area (Å²) in [7, 11) is -1.68. The second-order valence-corrected chi connectivity index (χ2v) is 17.9. The summed E-state index contributed by atoms with van der Waals surface area (Å²) in [6.07, 6.45) is 2.68. The molecule has 2 aromatic carbocycles. The van der Waals surface area contributed by atoms with Crippen molar-refractivity contribution in [3.05, 3.63) is 64.7 Å². The molecule has 2 fully saturated rings. The van der Waals surface area contributed by atoms with Crippen LogP contribution in [0.1, 0.15) is 114 Å². The molecule has 0 spiro atoms. The molecule has 4 rings (SSSR count). The van der Waals surface area contributed by atoms with E-state index in [1.165, 1.54) is 27.4 Å². The lowest BCUT2D eigenvalue weighted by atomic mass is 9.82. The zero-order valence-electron chi connectivity index (χ0n) is 24.7. The van der Waals surface area contributed by atoms with Crippen LogP contribution in [-0.2, 0) is 9.53 Å². The number of nitrogens with zero attached hydrogens (tertiary/aromatic N) is 1. The summed E-state index contributed by atoms with van der Waals surface area (Å²) in [6.45, 7) is 20.9. The van der Waals surface area contributed by atoms with Crippen LogP contribution in [0.5, 0.6) is 0 Å². The van der Waals surface area contributed by atoms with E-state index in [0.29, 0.717) is 30.1 Å². The molecule has 2 aliphatic rings. The Balaban J connectivity index is 1.61. The first-order valence-electron chi connectivity index (χ1n) is 14.6. The highest BCUT2D eigenvalue weighted by Gasteiger charge is 2.50. The molecule has 2 aromatic rings. The number of rotatable bonds is 9. The monoisotopic (exact) mass is 519 g/mol. The number of benzene rings is 2. The first-order valence-corrected chi connectivity index (χ1v) is 17.8. The van der Waals surface area contributed by atoms with Crippen LogP contribution in [-0.4, -0.2) is 37.1 Å². The number of hydrogen-bond donors (Lipinski definition) is 0. The van der Waals surface area contributed by atoms with Crippen LogP contribution in [0.25, 0.3) is 0 Å². The van der Waals surface area contributed by atoms with Crippen molar-refractivity contribution >= 4 is 19.2 Å². The highest BCUT2D eigenvalue weighted by atomic mass is 28.3. The quantitative estimate of drug-likeness (QED) is 0.315. The molecule has 2 heterocycles. The van der Waals surface area contributed by atoms with Crippen LogP contribution in [0, 0.1) is 0 Å². The zero-order chi connectivity index (χ0) is 27.1. The Bertz CT molecular complexity index is 1060. The normalized spacial score (nSPS) is 23.0. The molecule has 0 saturated carbocycles. The second kappa shape index (κ2) is 11.1. The minimum Gasteiger partial charge on any atom is -0.368 e. The predicted octanol–water partition coefficient (Wildman–Crippen LogP) is 7.88. The van der Waals surface area contributed by atoms with Gasteiger partial charge in [0.25, 0.3) is 0 Å². The molecule has 1 amide bonds. The van der Waals surface area contributed by atoms with Gasteiger partial charge in [-0.3, -0.25) is 4.79 Å². The zero-order valence-corrected chi connectivity index (χ0v) is 25.7. The second-order valence-electron chi connectivity index (χ2n) is 13.1. The van der Waals surface area contributed by atoms with Crippen molar-refractivity contribution in [2.75, 3.05) is 0 Å². The minimum atomic E-state index is -1.68. The Morgan fingerprint density at radius 2 is 1.51 bits per heavy atom. The van der Waals surface area contributed by atoms with Crippen molar-refractivity contribution in [3.8, 4) is 0 Å². The molecule has 0 radical (unpaired) electrons. The SMILES string of the molecule is CC(C)c1cc(C(C)C)c([C@H](C)O[C@@H]2C[C@@H](C[Si](C)(C)c3ccccc3)N3C(=O)CC[C@H]23)c(C(C)C)c1. The number of hydrogen-bond acceptors (Lipinski definition) is 2. The third kappa shape index (κ3) is 5.76. The van der Waals surface area contributed by atoms with Gasteiger partial charge in [-0.1, -0.05) is 102 Å². The van der Waals surface area contributed by atoms with E-state index in [0.717, 1.165) is 18.9 Å². The predicted molar refractivity (Wildman–Crippen MR) is 159 cm³/mol. The molecule has 2 aliphatic heterocycles. The first kappa shape index (κ1) is 28.1. The van der Waals surface area contributed by atoms with E-state index in [2.05, 4.69) is 109 Å². The van der Waals surface area contributed by atoms with Crippen molar-refractivity contribution in [3.63, 3.8) is 0 Å². The average Bonchev–Trinajstić information content (AvgIpc) is 3.39. The summed E-state index contributed by atoms with van der Waals surface area (Å²) in [5.41, 5.74) is 5.65. The van der Waals surface area contributed by atoms with Gasteiger partial charge in [-0.2, -0.15) is 0 Å². The number of ether oxygens (including phenoxy) is 1. The molecule has 0 unspecified atom stereocenters. The Hall–Kier alpha value is -1.91. The minimum absolute atomic E-state index is 0.0108. The molecule has 2 saturated heterocycles. The lowest BCUT2D eigenvalue weighted by Crippen LogP contribution is -2.47. The largest absolute Gasteiger partial charge is 0.368 e. The first-order chi connectivity index (χ1) is 17.4. The van der Waals surface area contributed by atoms with Gasteiger partial charge >= 0.3 is 0 Å². The van der Waals surface area contributed by atoms with Crippen LogP contribution in [0.15, 0.2) is 42.5 Å². The highest BCUT2D eigenvalue weighted by molar-refractivity contribution is 6.89. The summed E-state index contributed by atoms with van der Waals surface area (Å²) in [6, 6.07) is 17.4. The summed E-state index contributed by atoms with van der Waals surface area (Å²) >= 11 is 0. The van der Waals surface area contributed by atoms with Crippen molar-refractivity contribution < 1.29 is 9.53 Å². The van der Waals surface area contributed by atoms with Crippen LogP contribution in [0.3, 0.4) is 0 Å². The number of fused-ring (bicyclic) bond motifs is 1. The molecule has 4 heteroatoms. The standard InChI is InChI=1S/C33H49NO2Si/c1-21(2)25-17-28(22(3)4)33(29(18-25)23(5)6)24(7)36-31-19-26(34-30(31)15-16-32(34)35)20-37(8,9)27-13-11-10-12-14-27/h10-14,17-18,21-24,26,30-31H,15-16,19-20H2,1-9H3/t24-,26-,30+,31+/m0/s1. The van der Waals surface area contributed by atoms with Crippen LogP contribution in [0.2, 0.25) is 19.1 Å². The van der Waals surface area contributed by atoms with Gasteiger partial charge in [0.05, 0.1) is 26.3 Å². The van der Waals surface area contributed by atoms with E-state index >= 15 is 0 Å². The van der Waals surface area contributed by atoms with Gasteiger partial charge < -0.3 is 9.64 Å². The maximum atomic E-state index is 13.1. The van der Waals surface area contributed by atoms with Gasteiger partial charge in [-0.15, -0.1) is 0 Å². The summed E-state index contributed by atoms with van der Waals surface area (Å²) in [5, 5.41) is 1.48. The molecule has 3 nitrogen and oxygen atoms in total. The topological polar surface area (TPSA) is 29.5 Å². The molecular formula is C33H49NO2Si. The Labute approximate surface area is 227 Å². The maximum absolute atomic E-state index is 13.1. The molecule has 0 N–H and O–H groups in total. The van der Waals surface area contributed by atoms with Gasteiger partial charge in [0.1, 0.15) is 0 Å². The van der Waals surface area contributed by atoms with E-state index in [1.54, 1.807) is 0 Å². The van der Waals surface area contributed by atoms with Crippen LogP contribution < -0.4 is 5.19 Å². The van der Waals surface area contributed by atoms with E-state index in [1.807, 2.05) is 0 Å². The lowest BCUT2D eigenvalue weighted by molar-refractivity contribution is -0.130. The van der Waals surface area contributed by atoms with E-state index in [9.17, 15) is 4.79 Å². The van der Waals surface area contributed by atoms with Crippen molar-refractivity contribution in [2.24, 2.45) is 0 Å². The Kier molecular flexibility index (Phi) is 8.40. The Morgan fingerprint density at radius 1 is 0.919 bits per heavy atom. The molecule has 4 atom stereocenters. The third-order valence-electron chi connectivity index (χ3n) is 8.89. The summed E-state index contributed by atoms with van der Waals surface area (Å²) < 4.78 is 7.01. The smallest absolute Gasteiger partial charge is 0.223 e. The van der Waals surface area contributed by atoms with Gasteiger partial charge in [0.15, 0.2) is 0 Å². The van der Waals surface area contributed by atoms with Gasteiger partial charge in [-0.25, -0.2) is 0 Å². The number of carbonyl (C=O) groups excluding carboxylic acids is 1. The Morgan fingerprint density at radius 3 is 2.05 bits per heavy atom. The molecule has 0 aliphatic carbocycles. The summed E-state index contributed by atoms with van der Waals surface area (Å²) in [4.78, 5) is 15.3. The molecule has 37 heavy (non-hydrogen) atoms. The fourth-order valence-corrected chi connectivity index (χ4v) is 9.71. The molecule has 0 bridgehead atoms. The highest BCUT2D eigenvalue weighted by Crippen LogP contribution is 2.43. The van der Waals surface area contributed by atoms with Crippen molar-refractivity contribution in [2.45, 2.75) is 129 Å². The maximum Gasteiger partial charge on any atom is 0.223 e. The molecule has 202 valence electrons. The van der Waals surface area contributed by atoms with E-state index in [4.69, 9.17) is 4.74 Å². The third-order valence-corrected chi connectivity index (χ3v) is 12.3. The average molecular weight is 520 g/mol. The molecular weight excluding hydrogens is 470 g/mol. The lowest BCUT2D eigenvalue weighted by Gasteiger charge is -2.31. The van der Waals surface area contributed by atoms with E-state index in [-0.39, 0.29) is 24.3 Å². The van der Waals surface area contributed by atoms with Crippen LogP contribution >= 0.6 is 0 Å². The van der Waals surface area contributed by atoms with Gasteiger partial charge in [0, 0.05) is 12.5 Å². The number of amides is 1. The van der Waals surface area contributed by atoms with E-state index < -0.39 is 8.07 Å². The summed E-state index contributed by atoms with van der Waals surface area (Å²) in [5.74, 6) is 1.72. The van der Waals surface area contributed by atoms with Crippen molar-refractivity contribution in [1.82, 2.24) is 4.90 Å². The van der Waals surface area contributed by atoms with Gasteiger partial charge in [0.2, 0.25) is 5.91 Å². The molecule has 0 aromatic heterocycles. The van der Waals surface area contributed by atoms with Crippen LogP contribution in [0.4, 0.5) is 0 Å². The fourth-order valence-electron chi connectivity index (χ4n) is 6.84. The van der Waals surface area contributed by atoms with Crippen molar-refractivity contribution in [1.29, 1.82) is 0 Å². The fraction of sp³-hybridized carbons (Fsp3) is 0.606. The van der Waals surface area contributed by atoms with Gasteiger partial charge in [-0.05, 0) is 65.8 Å². The number of carbonyl (C=O) groups is 1.